The SMILES string of the molecule is O=Cc1ccc2c(c1)CCN2CC1CCCC1. The minimum Gasteiger partial charge on any atom is -0.371 e. The normalized spacial score (nSPS) is 19.6. The van der Waals surface area contributed by atoms with E-state index in [1.807, 2.05) is 6.07 Å². The fourth-order valence-electron chi connectivity index (χ4n) is 3.26. The number of carbonyl (C=O) groups is 1. The fraction of sp³-hybridized carbons (Fsp3) is 0.533. The van der Waals surface area contributed by atoms with Gasteiger partial charge in [0.2, 0.25) is 0 Å². The number of fused-ring (bicyclic) bond motifs is 1. The zero-order valence-corrected chi connectivity index (χ0v) is 10.2. The van der Waals surface area contributed by atoms with Gasteiger partial charge >= 0.3 is 0 Å². The van der Waals surface area contributed by atoms with Crippen LogP contribution in [0.4, 0.5) is 5.69 Å². The van der Waals surface area contributed by atoms with Crippen LogP contribution >= 0.6 is 0 Å². The Morgan fingerprint density at radius 3 is 2.88 bits per heavy atom. The molecule has 1 saturated carbocycles. The number of hydrogen-bond acceptors (Lipinski definition) is 2. The number of nitrogens with zero attached hydrogens (tertiary/aromatic N) is 1. The predicted octanol–water partition coefficient (Wildman–Crippen LogP) is 3.05. The molecule has 1 aromatic rings. The van der Waals surface area contributed by atoms with Crippen LogP contribution in [0.15, 0.2) is 18.2 Å². The van der Waals surface area contributed by atoms with Crippen LogP contribution in [0.2, 0.25) is 0 Å². The third kappa shape index (κ3) is 2.08. The number of rotatable bonds is 3. The summed E-state index contributed by atoms with van der Waals surface area (Å²) >= 11 is 0. The van der Waals surface area contributed by atoms with Crippen LogP contribution in [0.1, 0.15) is 41.6 Å². The van der Waals surface area contributed by atoms with E-state index in [-0.39, 0.29) is 0 Å². The molecular formula is C15H19NO. The van der Waals surface area contributed by atoms with E-state index in [2.05, 4.69) is 17.0 Å². The Kier molecular flexibility index (Phi) is 2.87. The van der Waals surface area contributed by atoms with E-state index in [1.165, 1.54) is 43.5 Å². The number of benzene rings is 1. The van der Waals surface area contributed by atoms with Gasteiger partial charge in [-0.05, 0) is 48.9 Å². The maximum atomic E-state index is 10.8. The highest BCUT2D eigenvalue weighted by molar-refractivity contribution is 5.77. The van der Waals surface area contributed by atoms with E-state index in [0.717, 1.165) is 30.7 Å². The lowest BCUT2D eigenvalue weighted by Crippen LogP contribution is -2.26. The van der Waals surface area contributed by atoms with Crippen LogP contribution in [0.3, 0.4) is 0 Å². The fourth-order valence-corrected chi connectivity index (χ4v) is 3.26. The first-order valence-electron chi connectivity index (χ1n) is 6.70. The van der Waals surface area contributed by atoms with E-state index in [9.17, 15) is 4.79 Å². The second-order valence-electron chi connectivity index (χ2n) is 5.35. The Bertz CT molecular complexity index is 421. The van der Waals surface area contributed by atoms with Gasteiger partial charge in [0, 0.05) is 24.3 Å². The first kappa shape index (κ1) is 10.8. The molecule has 0 unspecified atom stereocenters. The molecule has 2 aliphatic rings. The standard InChI is InChI=1S/C15H19NO/c17-11-13-5-6-15-14(9-13)7-8-16(15)10-12-3-1-2-4-12/h5-6,9,11-12H,1-4,7-8,10H2. The summed E-state index contributed by atoms with van der Waals surface area (Å²) in [5.41, 5.74) is 3.53. The van der Waals surface area contributed by atoms with Gasteiger partial charge in [0.25, 0.3) is 0 Å². The zero-order chi connectivity index (χ0) is 11.7. The minimum absolute atomic E-state index is 0.812. The number of anilines is 1. The summed E-state index contributed by atoms with van der Waals surface area (Å²) < 4.78 is 0. The monoisotopic (exact) mass is 229 g/mol. The topological polar surface area (TPSA) is 20.3 Å². The van der Waals surface area contributed by atoms with Crippen LogP contribution in [0, 0.1) is 5.92 Å². The highest BCUT2D eigenvalue weighted by Gasteiger charge is 2.23. The average molecular weight is 229 g/mol. The Labute approximate surface area is 103 Å². The summed E-state index contributed by atoms with van der Waals surface area (Å²) in [6, 6.07) is 6.12. The van der Waals surface area contributed by atoms with Crippen LogP contribution in [0.5, 0.6) is 0 Å². The first-order chi connectivity index (χ1) is 8.36. The van der Waals surface area contributed by atoms with Gasteiger partial charge in [0.15, 0.2) is 0 Å². The van der Waals surface area contributed by atoms with E-state index >= 15 is 0 Å². The largest absolute Gasteiger partial charge is 0.371 e. The summed E-state index contributed by atoms with van der Waals surface area (Å²) in [5.74, 6) is 0.895. The molecule has 1 fully saturated rings. The molecule has 0 radical (unpaired) electrons. The van der Waals surface area contributed by atoms with Gasteiger partial charge in [-0.3, -0.25) is 4.79 Å². The third-order valence-corrected chi connectivity index (χ3v) is 4.18. The molecule has 1 aliphatic heterocycles. The second kappa shape index (κ2) is 4.52. The Morgan fingerprint density at radius 1 is 1.29 bits per heavy atom. The number of aldehydes is 1. The average Bonchev–Trinajstić information content (AvgIpc) is 2.99. The van der Waals surface area contributed by atoms with Crippen LogP contribution in [-0.2, 0) is 6.42 Å². The van der Waals surface area contributed by atoms with Crippen molar-refractivity contribution in [2.24, 2.45) is 5.92 Å². The van der Waals surface area contributed by atoms with E-state index in [4.69, 9.17) is 0 Å². The van der Waals surface area contributed by atoms with Crippen molar-refractivity contribution in [2.45, 2.75) is 32.1 Å². The van der Waals surface area contributed by atoms with Crippen molar-refractivity contribution in [2.75, 3.05) is 18.0 Å². The van der Waals surface area contributed by atoms with Crippen molar-refractivity contribution >= 4 is 12.0 Å². The minimum atomic E-state index is 0.812. The first-order valence-corrected chi connectivity index (χ1v) is 6.70. The van der Waals surface area contributed by atoms with E-state index in [1.54, 1.807) is 0 Å². The van der Waals surface area contributed by atoms with Crippen molar-refractivity contribution in [3.05, 3.63) is 29.3 Å². The van der Waals surface area contributed by atoms with Crippen molar-refractivity contribution < 1.29 is 4.79 Å². The van der Waals surface area contributed by atoms with Gasteiger partial charge < -0.3 is 4.90 Å². The summed E-state index contributed by atoms with van der Waals surface area (Å²) in [4.78, 5) is 13.3. The molecule has 0 amide bonds. The summed E-state index contributed by atoms with van der Waals surface area (Å²) in [6.07, 6.45) is 7.67. The molecule has 0 atom stereocenters. The van der Waals surface area contributed by atoms with Gasteiger partial charge in [-0.15, -0.1) is 0 Å². The second-order valence-corrected chi connectivity index (χ2v) is 5.35. The smallest absolute Gasteiger partial charge is 0.150 e. The van der Waals surface area contributed by atoms with Crippen LogP contribution in [-0.4, -0.2) is 19.4 Å². The van der Waals surface area contributed by atoms with Crippen LogP contribution in [0.25, 0.3) is 0 Å². The number of hydrogen-bond donors (Lipinski definition) is 0. The van der Waals surface area contributed by atoms with Gasteiger partial charge in [0.1, 0.15) is 6.29 Å². The molecular weight excluding hydrogens is 210 g/mol. The molecule has 1 heterocycles. The van der Waals surface area contributed by atoms with E-state index < -0.39 is 0 Å². The Morgan fingerprint density at radius 2 is 2.12 bits per heavy atom. The van der Waals surface area contributed by atoms with E-state index in [0.29, 0.717) is 0 Å². The molecule has 17 heavy (non-hydrogen) atoms. The molecule has 1 aromatic carbocycles. The van der Waals surface area contributed by atoms with Crippen molar-refractivity contribution in [3.8, 4) is 0 Å². The van der Waals surface area contributed by atoms with Crippen LogP contribution < -0.4 is 4.90 Å². The third-order valence-electron chi connectivity index (χ3n) is 4.18. The quantitative estimate of drug-likeness (QED) is 0.742. The molecule has 2 nitrogen and oxygen atoms in total. The molecule has 0 N–H and O–H groups in total. The lowest BCUT2D eigenvalue weighted by atomic mass is 10.1. The van der Waals surface area contributed by atoms with Gasteiger partial charge in [0.05, 0.1) is 0 Å². The lowest BCUT2D eigenvalue weighted by molar-refractivity contribution is 0.112. The number of carbonyl (C=O) groups excluding carboxylic acids is 1. The predicted molar refractivity (Wildman–Crippen MR) is 69.7 cm³/mol. The molecule has 0 saturated heterocycles. The maximum Gasteiger partial charge on any atom is 0.150 e. The van der Waals surface area contributed by atoms with Crippen molar-refractivity contribution in [3.63, 3.8) is 0 Å². The molecule has 3 rings (SSSR count). The molecule has 0 spiro atoms. The summed E-state index contributed by atoms with van der Waals surface area (Å²) in [5, 5.41) is 0. The summed E-state index contributed by atoms with van der Waals surface area (Å²) in [6.45, 7) is 2.35. The molecule has 1 aliphatic carbocycles. The van der Waals surface area contributed by atoms with Crippen molar-refractivity contribution in [1.29, 1.82) is 0 Å². The zero-order valence-electron chi connectivity index (χ0n) is 10.2. The molecule has 2 heteroatoms. The lowest BCUT2D eigenvalue weighted by Gasteiger charge is -2.23. The molecule has 0 bridgehead atoms. The van der Waals surface area contributed by atoms with Gasteiger partial charge in [-0.25, -0.2) is 0 Å². The van der Waals surface area contributed by atoms with Gasteiger partial charge in [-0.2, -0.15) is 0 Å². The Hall–Kier alpha value is -1.31. The Balaban J connectivity index is 1.76. The molecule has 0 aromatic heterocycles. The highest BCUT2D eigenvalue weighted by Crippen LogP contribution is 2.32. The van der Waals surface area contributed by atoms with Crippen molar-refractivity contribution in [1.82, 2.24) is 0 Å². The summed E-state index contributed by atoms with van der Waals surface area (Å²) in [7, 11) is 0. The highest BCUT2D eigenvalue weighted by atomic mass is 16.1. The molecule has 90 valence electrons. The maximum absolute atomic E-state index is 10.8. The van der Waals surface area contributed by atoms with Gasteiger partial charge in [-0.1, -0.05) is 12.8 Å².